The lowest BCUT2D eigenvalue weighted by molar-refractivity contribution is -0.132. The van der Waals surface area contributed by atoms with Gasteiger partial charge in [-0.2, -0.15) is 0 Å². The summed E-state index contributed by atoms with van der Waals surface area (Å²) in [4.78, 5) is 37.2. The molecule has 4 aromatic rings. The summed E-state index contributed by atoms with van der Waals surface area (Å²) in [6, 6.07) is 12.9. The monoisotopic (exact) mass is 673 g/mol. The van der Waals surface area contributed by atoms with E-state index in [2.05, 4.69) is 26.8 Å². The average Bonchev–Trinajstić information content (AvgIpc) is 3.36. The number of amides is 2. The van der Waals surface area contributed by atoms with E-state index >= 15 is 4.39 Å². The van der Waals surface area contributed by atoms with Crippen LogP contribution in [0.25, 0.3) is 22.0 Å². The van der Waals surface area contributed by atoms with Crippen molar-refractivity contribution >= 4 is 22.9 Å². The number of methoxy groups -OCH3 is 2. The van der Waals surface area contributed by atoms with Crippen molar-refractivity contribution in [3.63, 3.8) is 0 Å². The maximum absolute atomic E-state index is 15.2. The average molecular weight is 674 g/mol. The number of alkyl carbamates (subject to hydrolysis) is 1. The first kappa shape index (κ1) is 35.8. The second kappa shape index (κ2) is 15.8. The molecule has 5 rings (SSSR count). The van der Waals surface area contributed by atoms with Gasteiger partial charge in [0.25, 0.3) is 0 Å². The second-order valence-electron chi connectivity index (χ2n) is 13.7. The van der Waals surface area contributed by atoms with Gasteiger partial charge >= 0.3 is 12.1 Å². The number of hydrogen-bond acceptors (Lipinski definition) is 7. The third-order valence-corrected chi connectivity index (χ3v) is 8.95. The van der Waals surface area contributed by atoms with Gasteiger partial charge in [0.15, 0.2) is 0 Å². The van der Waals surface area contributed by atoms with E-state index in [4.69, 9.17) is 14.2 Å². The molecule has 262 valence electrons. The molecule has 0 aliphatic carbocycles. The third kappa shape index (κ3) is 8.94. The molecule has 0 spiro atoms. The summed E-state index contributed by atoms with van der Waals surface area (Å²) in [6.45, 7) is 9.85. The SMILES string of the molecule is COCCCn1c(C2CCCN(C(=O)C[C@@H](Cc3ccc(-c4cnc(OC)nc4)cc3)NC(=O)OC(C)(C)C)C2)c(C)c2cccc(F)c21. The molecule has 0 bridgehead atoms. The maximum atomic E-state index is 15.2. The lowest BCUT2D eigenvalue weighted by Crippen LogP contribution is -2.46. The van der Waals surface area contributed by atoms with Crippen LogP contribution in [0.1, 0.15) is 69.2 Å². The number of ether oxygens (including phenoxy) is 3. The van der Waals surface area contributed by atoms with E-state index in [9.17, 15) is 9.59 Å². The Hall–Kier alpha value is -4.51. The highest BCUT2D eigenvalue weighted by atomic mass is 19.1. The molecule has 49 heavy (non-hydrogen) atoms. The van der Waals surface area contributed by atoms with Gasteiger partial charge in [-0.1, -0.05) is 36.4 Å². The topological polar surface area (TPSA) is 108 Å². The summed E-state index contributed by atoms with van der Waals surface area (Å²) in [5, 5.41) is 3.87. The van der Waals surface area contributed by atoms with Crippen LogP contribution in [0.2, 0.25) is 0 Å². The Morgan fingerprint density at radius 2 is 1.80 bits per heavy atom. The van der Waals surface area contributed by atoms with Crippen LogP contribution in [0.3, 0.4) is 0 Å². The minimum absolute atomic E-state index is 0.0383. The van der Waals surface area contributed by atoms with Crippen LogP contribution in [0.15, 0.2) is 54.9 Å². The largest absolute Gasteiger partial charge is 0.467 e. The second-order valence-corrected chi connectivity index (χ2v) is 13.7. The van der Waals surface area contributed by atoms with Crippen LogP contribution in [0.4, 0.5) is 9.18 Å². The number of piperidine rings is 1. The zero-order valence-electron chi connectivity index (χ0n) is 29.4. The third-order valence-electron chi connectivity index (χ3n) is 8.95. The number of halogens is 1. The Morgan fingerprint density at radius 3 is 2.47 bits per heavy atom. The minimum Gasteiger partial charge on any atom is -0.467 e. The highest BCUT2D eigenvalue weighted by molar-refractivity contribution is 5.86. The van der Waals surface area contributed by atoms with Crippen molar-refractivity contribution in [2.45, 2.75) is 83.9 Å². The van der Waals surface area contributed by atoms with E-state index in [-0.39, 0.29) is 24.1 Å². The predicted octanol–water partition coefficient (Wildman–Crippen LogP) is 6.82. The highest BCUT2D eigenvalue weighted by Crippen LogP contribution is 2.37. The fourth-order valence-electron chi connectivity index (χ4n) is 6.78. The molecule has 1 saturated heterocycles. The molecule has 2 amide bonds. The van der Waals surface area contributed by atoms with Gasteiger partial charge in [-0.15, -0.1) is 0 Å². The van der Waals surface area contributed by atoms with Crippen LogP contribution >= 0.6 is 0 Å². The zero-order chi connectivity index (χ0) is 35.1. The van der Waals surface area contributed by atoms with E-state index < -0.39 is 17.7 Å². The quantitative estimate of drug-likeness (QED) is 0.165. The number of carbonyl (C=O) groups excluding carboxylic acids is 2. The molecule has 0 radical (unpaired) electrons. The Kier molecular flexibility index (Phi) is 11.5. The van der Waals surface area contributed by atoms with Crippen molar-refractivity contribution in [2.24, 2.45) is 0 Å². The molecule has 3 heterocycles. The Morgan fingerprint density at radius 1 is 1.06 bits per heavy atom. The number of nitrogens with zero attached hydrogens (tertiary/aromatic N) is 4. The van der Waals surface area contributed by atoms with Crippen LogP contribution in [-0.4, -0.2) is 77.0 Å². The molecule has 0 saturated carbocycles. The number of hydrogen-bond donors (Lipinski definition) is 1. The molecule has 1 aliphatic heterocycles. The number of benzene rings is 2. The zero-order valence-corrected chi connectivity index (χ0v) is 29.4. The van der Waals surface area contributed by atoms with Crippen molar-refractivity contribution in [1.29, 1.82) is 0 Å². The molecule has 1 aliphatic rings. The van der Waals surface area contributed by atoms with E-state index in [1.54, 1.807) is 25.6 Å². The first-order valence-electron chi connectivity index (χ1n) is 17.0. The van der Waals surface area contributed by atoms with E-state index in [0.29, 0.717) is 44.2 Å². The van der Waals surface area contributed by atoms with Crippen molar-refractivity contribution in [3.8, 4) is 17.1 Å². The standard InChI is InChI=1S/C38H48FN5O5/c1-25-31-11-7-12-32(39)35(31)44(18-9-19-47-5)34(25)28-10-8-17-43(24-28)33(45)21-30(42-37(46)49-38(2,3)4)20-26-13-15-27(16-14-26)29-22-40-36(48-6)41-23-29/h7,11-16,22-23,28,30H,8-10,17-21,24H2,1-6H3,(H,42,46)/t28?,30-/m1/s1. The number of aromatic nitrogens is 3. The minimum atomic E-state index is -0.681. The first-order valence-corrected chi connectivity index (χ1v) is 17.0. The van der Waals surface area contributed by atoms with Gasteiger partial charge in [0.05, 0.1) is 12.6 Å². The number of carbonyl (C=O) groups is 2. The van der Waals surface area contributed by atoms with Crippen LogP contribution in [-0.2, 0) is 27.2 Å². The molecule has 10 nitrogen and oxygen atoms in total. The van der Waals surface area contributed by atoms with Gasteiger partial charge < -0.3 is 29.0 Å². The van der Waals surface area contributed by atoms with Gasteiger partial charge in [0, 0.05) is 80.8 Å². The predicted molar refractivity (Wildman–Crippen MR) is 187 cm³/mol. The highest BCUT2D eigenvalue weighted by Gasteiger charge is 2.31. The summed E-state index contributed by atoms with van der Waals surface area (Å²) in [6.07, 6.45) is 5.88. The molecule has 1 fully saturated rings. The summed E-state index contributed by atoms with van der Waals surface area (Å²) in [5.74, 6) is -0.225. The number of para-hydroxylation sites is 1. The Balaban J connectivity index is 1.34. The van der Waals surface area contributed by atoms with Crippen LogP contribution in [0.5, 0.6) is 6.01 Å². The van der Waals surface area contributed by atoms with Gasteiger partial charge in [-0.05, 0) is 76.1 Å². The van der Waals surface area contributed by atoms with Crippen LogP contribution < -0.4 is 10.1 Å². The molecule has 1 unspecified atom stereocenters. The van der Waals surface area contributed by atoms with Crippen molar-refractivity contribution < 1.29 is 28.2 Å². The lowest BCUT2D eigenvalue weighted by atomic mass is 9.91. The smallest absolute Gasteiger partial charge is 0.407 e. The number of likely N-dealkylation sites (tertiary alicyclic amines) is 1. The fraction of sp³-hybridized carbons (Fsp3) is 0.474. The first-order chi connectivity index (χ1) is 23.5. The molecule has 2 aromatic heterocycles. The summed E-state index contributed by atoms with van der Waals surface area (Å²) in [5.41, 5.74) is 4.82. The molecule has 11 heteroatoms. The van der Waals surface area contributed by atoms with E-state index in [0.717, 1.165) is 52.6 Å². The van der Waals surface area contributed by atoms with Crippen molar-refractivity contribution in [2.75, 3.05) is 33.9 Å². The molecule has 2 atom stereocenters. The normalized spacial score (nSPS) is 15.7. The number of nitrogens with one attached hydrogen (secondary N) is 1. The lowest BCUT2D eigenvalue weighted by Gasteiger charge is -2.35. The summed E-state index contributed by atoms with van der Waals surface area (Å²) in [7, 11) is 3.19. The van der Waals surface area contributed by atoms with Crippen molar-refractivity contribution in [3.05, 3.63) is 77.5 Å². The van der Waals surface area contributed by atoms with Gasteiger partial charge in [0.1, 0.15) is 11.4 Å². The number of fused-ring (bicyclic) bond motifs is 1. The van der Waals surface area contributed by atoms with Gasteiger partial charge in [-0.25, -0.2) is 19.2 Å². The van der Waals surface area contributed by atoms with E-state index in [1.165, 1.54) is 13.2 Å². The number of rotatable bonds is 12. The molecule has 2 aromatic carbocycles. The summed E-state index contributed by atoms with van der Waals surface area (Å²) < 4.78 is 33.3. The van der Waals surface area contributed by atoms with Crippen molar-refractivity contribution in [1.82, 2.24) is 24.8 Å². The van der Waals surface area contributed by atoms with Crippen LogP contribution in [0, 0.1) is 12.7 Å². The maximum Gasteiger partial charge on any atom is 0.407 e. The van der Waals surface area contributed by atoms with Gasteiger partial charge in [-0.3, -0.25) is 4.79 Å². The fourth-order valence-corrected chi connectivity index (χ4v) is 6.78. The molecule has 1 N–H and O–H groups in total. The number of aryl methyl sites for hydroxylation is 2. The summed E-state index contributed by atoms with van der Waals surface area (Å²) >= 11 is 0. The Labute approximate surface area is 288 Å². The Bertz CT molecular complexity index is 1730. The van der Waals surface area contributed by atoms with E-state index in [1.807, 2.05) is 56.0 Å². The molecular weight excluding hydrogens is 625 g/mol. The van der Waals surface area contributed by atoms with Gasteiger partial charge in [0.2, 0.25) is 5.91 Å². The molecular formula is C38H48FN5O5.